The van der Waals surface area contributed by atoms with E-state index in [0.717, 1.165) is 12.8 Å². The van der Waals surface area contributed by atoms with E-state index in [1.165, 1.54) is 0 Å². The third-order valence-electron chi connectivity index (χ3n) is 4.83. The number of unbranched alkanes of at least 4 members (excludes halogenated alkanes) is 2. The smallest absolute Gasteiger partial charge is 0.312 e. The molecular formula is C21H36BIN6O6. The molecule has 0 aromatic rings. The van der Waals surface area contributed by atoms with Crippen molar-refractivity contribution in [2.75, 3.05) is 24.1 Å². The summed E-state index contributed by atoms with van der Waals surface area (Å²) in [5, 5.41) is 12.8. The Morgan fingerprint density at radius 2 is 1.49 bits per heavy atom. The maximum atomic E-state index is 12.9. The van der Waals surface area contributed by atoms with Crippen LogP contribution in [0, 0.1) is 5.92 Å². The molecule has 196 valence electrons. The highest BCUT2D eigenvalue weighted by atomic mass is 127. The summed E-state index contributed by atoms with van der Waals surface area (Å²) in [5.41, 5.74) is 4.28. The summed E-state index contributed by atoms with van der Waals surface area (Å²) in [6, 6.07) is -2.59. The van der Waals surface area contributed by atoms with Crippen molar-refractivity contribution in [3.8, 4) is 0 Å². The molecule has 14 heteroatoms. The lowest BCUT2D eigenvalue weighted by Crippen LogP contribution is -2.55. The van der Waals surface area contributed by atoms with Gasteiger partial charge in [0.1, 0.15) is 12.1 Å². The van der Waals surface area contributed by atoms with Gasteiger partial charge in [-0.05, 0) is 31.6 Å². The molecule has 1 unspecified atom stereocenters. The molecule has 2 radical (unpaired) electrons. The van der Waals surface area contributed by atoms with Crippen LogP contribution in [0.25, 0.3) is 0 Å². The number of primary amides is 1. The third-order valence-corrected chi connectivity index (χ3v) is 5.52. The van der Waals surface area contributed by atoms with Crippen LogP contribution < -0.4 is 32.3 Å². The molecule has 0 saturated heterocycles. The minimum Gasteiger partial charge on any atom is -0.355 e. The summed E-state index contributed by atoms with van der Waals surface area (Å²) in [6.07, 6.45) is 2.80. The van der Waals surface area contributed by atoms with Gasteiger partial charge >= 0.3 is 6.03 Å². The van der Waals surface area contributed by atoms with Crippen LogP contribution in [0.3, 0.4) is 0 Å². The number of carbonyl (C=O) groups is 6. The van der Waals surface area contributed by atoms with Crippen LogP contribution in [0.4, 0.5) is 4.79 Å². The fourth-order valence-corrected chi connectivity index (χ4v) is 3.26. The lowest BCUT2D eigenvalue weighted by Gasteiger charge is -2.25. The average Bonchev–Trinajstić information content (AvgIpc) is 2.79. The quantitative estimate of drug-likeness (QED) is 0.0502. The van der Waals surface area contributed by atoms with Crippen LogP contribution in [0.5, 0.6) is 0 Å². The number of carbonyl (C=O) groups excluding carboxylic acids is 6. The van der Waals surface area contributed by atoms with Crippen LogP contribution in [0.1, 0.15) is 52.4 Å². The van der Waals surface area contributed by atoms with Gasteiger partial charge in [-0.25, -0.2) is 4.79 Å². The largest absolute Gasteiger partial charge is 0.355 e. The first-order valence-electron chi connectivity index (χ1n) is 11.5. The molecule has 12 nitrogen and oxygen atoms in total. The monoisotopic (exact) mass is 606 g/mol. The zero-order valence-corrected chi connectivity index (χ0v) is 22.4. The van der Waals surface area contributed by atoms with Crippen molar-refractivity contribution >= 4 is 65.8 Å². The van der Waals surface area contributed by atoms with Crippen molar-refractivity contribution in [2.24, 2.45) is 11.7 Å². The fourth-order valence-electron chi connectivity index (χ4n) is 2.99. The van der Waals surface area contributed by atoms with Crippen molar-refractivity contribution in [2.45, 2.75) is 64.5 Å². The lowest BCUT2D eigenvalue weighted by atomic mass is 10.0. The van der Waals surface area contributed by atoms with Gasteiger partial charge in [0.25, 0.3) is 0 Å². The van der Waals surface area contributed by atoms with Gasteiger partial charge in [-0.3, -0.25) is 19.2 Å². The van der Waals surface area contributed by atoms with Crippen molar-refractivity contribution in [3.05, 3.63) is 0 Å². The zero-order valence-electron chi connectivity index (χ0n) is 20.3. The summed E-state index contributed by atoms with van der Waals surface area (Å²) in [6.45, 7) is 3.88. The topological polar surface area (TPSA) is 189 Å². The lowest BCUT2D eigenvalue weighted by molar-refractivity contribution is -0.133. The molecule has 0 aliphatic heterocycles. The summed E-state index contributed by atoms with van der Waals surface area (Å²) < 4.78 is 0.400. The molecule has 0 heterocycles. The molecule has 0 aromatic heterocycles. The SMILES string of the molecule is [B]C(=O)CNC(=O)[C@H](CCCNC(N)=O)NC(=O)C(NC(=O)CCCCCNC(=O)CI)C(C)C. The van der Waals surface area contributed by atoms with Gasteiger partial charge in [0.15, 0.2) is 7.85 Å². The first-order chi connectivity index (χ1) is 16.5. The van der Waals surface area contributed by atoms with Crippen LogP contribution in [-0.4, -0.2) is 79.3 Å². The first-order valence-corrected chi connectivity index (χ1v) is 13.0. The van der Waals surface area contributed by atoms with Gasteiger partial charge in [-0.1, -0.05) is 42.9 Å². The zero-order chi connectivity index (χ0) is 26.8. The standard InChI is InChI=1S/C21H36BIN6O6/c1-13(2)18(29-16(31)8-4-3-5-9-25-17(32)11-23)20(34)28-14(7-6-10-26-21(24)35)19(33)27-12-15(22)30/h13-14,18H,3-12H2,1-2H3,(H,25,32)(H,27,33)(H,28,34)(H,29,31)(H3,24,26,35)/t14-,18?/m0/s1. The van der Waals surface area contributed by atoms with Gasteiger partial charge in [-0.2, -0.15) is 0 Å². The second-order valence-corrected chi connectivity index (χ2v) is 9.02. The molecule has 0 spiro atoms. The van der Waals surface area contributed by atoms with E-state index >= 15 is 0 Å². The van der Waals surface area contributed by atoms with E-state index in [4.69, 9.17) is 13.6 Å². The van der Waals surface area contributed by atoms with E-state index < -0.39 is 42.2 Å². The molecule has 0 bridgehead atoms. The van der Waals surface area contributed by atoms with Gasteiger partial charge in [0.05, 0.1) is 16.7 Å². The molecule has 35 heavy (non-hydrogen) atoms. The normalized spacial score (nSPS) is 12.2. The number of hydrogen-bond acceptors (Lipinski definition) is 6. The molecule has 6 amide bonds. The predicted octanol–water partition coefficient (Wildman–Crippen LogP) is -1.02. The number of halogens is 1. The molecule has 0 aliphatic carbocycles. The van der Waals surface area contributed by atoms with E-state index in [1.807, 2.05) is 22.6 Å². The highest BCUT2D eigenvalue weighted by molar-refractivity contribution is 14.1. The summed E-state index contributed by atoms with van der Waals surface area (Å²) >= 11 is 1.98. The number of amides is 6. The first kappa shape index (κ1) is 32.6. The fraction of sp³-hybridized carbons (Fsp3) is 0.714. The minimum absolute atomic E-state index is 0.0279. The summed E-state index contributed by atoms with van der Waals surface area (Å²) in [7, 11) is 5.06. The molecular weight excluding hydrogens is 570 g/mol. The second-order valence-electron chi connectivity index (χ2n) is 8.26. The molecule has 2 atom stereocenters. The minimum atomic E-state index is -1.01. The number of rotatable bonds is 18. The molecule has 7 N–H and O–H groups in total. The van der Waals surface area contributed by atoms with Crippen LogP contribution in [0.2, 0.25) is 0 Å². The van der Waals surface area contributed by atoms with Crippen molar-refractivity contribution in [1.82, 2.24) is 26.6 Å². The number of nitrogens with two attached hydrogens (primary N) is 1. The van der Waals surface area contributed by atoms with E-state index in [0.29, 0.717) is 23.8 Å². The van der Waals surface area contributed by atoms with E-state index in [9.17, 15) is 28.8 Å². The summed E-state index contributed by atoms with van der Waals surface area (Å²) in [5.74, 6) is -1.74. The number of alkyl halides is 1. The Morgan fingerprint density at radius 3 is 2.06 bits per heavy atom. The molecule has 0 aliphatic rings. The van der Waals surface area contributed by atoms with Crippen molar-refractivity contribution in [1.29, 1.82) is 0 Å². The van der Waals surface area contributed by atoms with Gasteiger partial charge in [0.2, 0.25) is 23.6 Å². The highest BCUT2D eigenvalue weighted by Gasteiger charge is 2.28. The number of nitrogens with one attached hydrogen (secondary N) is 5. The summed E-state index contributed by atoms with van der Waals surface area (Å²) in [4.78, 5) is 70.7. The van der Waals surface area contributed by atoms with Crippen LogP contribution in [-0.2, 0) is 24.0 Å². The Kier molecular flexibility index (Phi) is 17.6. The second kappa shape index (κ2) is 18.9. The highest BCUT2D eigenvalue weighted by Crippen LogP contribution is 2.07. The van der Waals surface area contributed by atoms with E-state index in [1.54, 1.807) is 13.8 Å². The molecule has 0 fully saturated rings. The molecule has 0 aromatic carbocycles. The molecule has 0 saturated carbocycles. The molecule has 0 rings (SSSR count). The van der Waals surface area contributed by atoms with Crippen molar-refractivity contribution < 1.29 is 28.8 Å². The predicted molar refractivity (Wildman–Crippen MR) is 140 cm³/mol. The van der Waals surface area contributed by atoms with Gasteiger partial charge in [-0.15, -0.1) is 0 Å². The van der Waals surface area contributed by atoms with Crippen LogP contribution in [0.15, 0.2) is 0 Å². The Bertz CT molecular complexity index is 739. The Labute approximate surface area is 221 Å². The van der Waals surface area contributed by atoms with Crippen LogP contribution >= 0.6 is 22.6 Å². The third kappa shape index (κ3) is 16.8. The van der Waals surface area contributed by atoms with Gasteiger partial charge in [0, 0.05) is 19.5 Å². The average molecular weight is 606 g/mol. The van der Waals surface area contributed by atoms with Crippen molar-refractivity contribution in [3.63, 3.8) is 0 Å². The Morgan fingerprint density at radius 1 is 0.829 bits per heavy atom. The Balaban J connectivity index is 4.83. The number of urea groups is 1. The number of hydrogen-bond donors (Lipinski definition) is 6. The maximum absolute atomic E-state index is 12.9. The van der Waals surface area contributed by atoms with E-state index in [-0.39, 0.29) is 37.1 Å². The Hall–Kier alpha value is -2.39. The van der Waals surface area contributed by atoms with E-state index in [2.05, 4.69) is 26.6 Å². The maximum Gasteiger partial charge on any atom is 0.312 e. The van der Waals surface area contributed by atoms with Gasteiger partial charge < -0.3 is 37.1 Å².